The molecule has 0 radical (unpaired) electrons. The molecule has 30 heavy (non-hydrogen) atoms. The first-order chi connectivity index (χ1) is 14.5. The van der Waals surface area contributed by atoms with Crippen LogP contribution in [0.2, 0.25) is 0 Å². The molecule has 1 saturated heterocycles. The number of aromatic amines is 1. The van der Waals surface area contributed by atoms with Gasteiger partial charge in [0.1, 0.15) is 24.0 Å². The van der Waals surface area contributed by atoms with E-state index in [1.165, 1.54) is 24.8 Å². The number of hydrogen-bond acceptors (Lipinski definition) is 6. The maximum Gasteiger partial charge on any atom is 0.351 e. The molecule has 160 valence electrons. The van der Waals surface area contributed by atoms with Crippen molar-refractivity contribution in [2.24, 2.45) is 0 Å². The lowest BCUT2D eigenvalue weighted by Gasteiger charge is -2.16. The molecule has 1 fully saturated rings. The fourth-order valence-electron chi connectivity index (χ4n) is 3.89. The number of fused-ring (bicyclic) bond motifs is 1. The summed E-state index contributed by atoms with van der Waals surface area (Å²) in [5, 5.41) is 30.1. The van der Waals surface area contributed by atoms with Crippen molar-refractivity contribution in [3.8, 4) is 11.3 Å². The smallest absolute Gasteiger partial charge is 0.351 e. The van der Waals surface area contributed by atoms with E-state index in [2.05, 4.69) is 29.0 Å². The molecular formula is C22H27N3O5. The number of aliphatic hydroxyl groups excluding tert-OH is 3. The topological polar surface area (TPSA) is 121 Å². The SMILES string of the molecule is CCCCCc1ccc(-c2cc3cn([C@@H]4O[C@H](CO)[C@@H](O)[C@@H]4O)c(=O)nc3[nH]2)cc1. The number of aliphatic hydroxyl groups is 3. The average molecular weight is 413 g/mol. The molecule has 0 saturated carbocycles. The van der Waals surface area contributed by atoms with Crippen LogP contribution in [0, 0.1) is 0 Å². The number of rotatable bonds is 7. The summed E-state index contributed by atoms with van der Waals surface area (Å²) in [6, 6.07) is 10.2. The Morgan fingerprint density at radius 3 is 2.60 bits per heavy atom. The lowest BCUT2D eigenvalue weighted by molar-refractivity contribution is -0.0547. The van der Waals surface area contributed by atoms with Crippen molar-refractivity contribution in [2.45, 2.75) is 57.1 Å². The molecule has 0 aliphatic carbocycles. The number of ether oxygens (including phenoxy) is 1. The molecule has 0 amide bonds. The normalized spacial score (nSPS) is 24.0. The Labute approximate surface area is 173 Å². The summed E-state index contributed by atoms with van der Waals surface area (Å²) < 4.78 is 6.61. The van der Waals surface area contributed by atoms with E-state index in [4.69, 9.17) is 4.74 Å². The minimum atomic E-state index is -1.34. The van der Waals surface area contributed by atoms with E-state index in [-0.39, 0.29) is 0 Å². The maximum absolute atomic E-state index is 12.5. The van der Waals surface area contributed by atoms with Crippen LogP contribution in [0.4, 0.5) is 0 Å². The molecular weight excluding hydrogens is 386 g/mol. The summed E-state index contributed by atoms with van der Waals surface area (Å²) in [7, 11) is 0. The number of H-pyrrole nitrogens is 1. The Morgan fingerprint density at radius 2 is 1.93 bits per heavy atom. The van der Waals surface area contributed by atoms with Crippen LogP contribution < -0.4 is 5.69 Å². The molecule has 4 rings (SSSR count). The Bertz CT molecular complexity index is 1060. The second-order valence-corrected chi connectivity index (χ2v) is 7.80. The van der Waals surface area contributed by atoms with Crippen LogP contribution in [-0.4, -0.2) is 54.8 Å². The Balaban J connectivity index is 1.60. The average Bonchev–Trinajstić information content (AvgIpc) is 3.29. The van der Waals surface area contributed by atoms with Crippen molar-refractivity contribution in [2.75, 3.05) is 6.61 Å². The van der Waals surface area contributed by atoms with Gasteiger partial charge in [-0.3, -0.25) is 4.57 Å². The molecule has 4 N–H and O–H groups in total. The number of nitrogens with zero attached hydrogens (tertiary/aromatic N) is 2. The predicted octanol–water partition coefficient (Wildman–Crippen LogP) is 1.74. The number of unbranched alkanes of at least 4 members (excludes halogenated alkanes) is 2. The van der Waals surface area contributed by atoms with Crippen LogP contribution in [0.15, 0.2) is 41.3 Å². The van der Waals surface area contributed by atoms with E-state index in [0.717, 1.165) is 22.2 Å². The Kier molecular flexibility index (Phi) is 6.01. The van der Waals surface area contributed by atoms with Gasteiger partial charge >= 0.3 is 5.69 Å². The first kappa shape index (κ1) is 20.7. The summed E-state index contributed by atoms with van der Waals surface area (Å²) in [5.41, 5.74) is 2.93. The molecule has 1 aromatic carbocycles. The van der Waals surface area contributed by atoms with Gasteiger partial charge in [0.05, 0.1) is 6.61 Å². The summed E-state index contributed by atoms with van der Waals surface area (Å²) in [5.74, 6) is 0. The van der Waals surface area contributed by atoms with Gasteiger partial charge in [-0.15, -0.1) is 0 Å². The van der Waals surface area contributed by atoms with E-state index >= 15 is 0 Å². The molecule has 1 aliphatic rings. The van der Waals surface area contributed by atoms with E-state index < -0.39 is 36.8 Å². The highest BCUT2D eigenvalue weighted by atomic mass is 16.6. The van der Waals surface area contributed by atoms with Crippen LogP contribution in [0.3, 0.4) is 0 Å². The van der Waals surface area contributed by atoms with Gasteiger partial charge in [-0.25, -0.2) is 4.79 Å². The van der Waals surface area contributed by atoms with Crippen LogP contribution in [-0.2, 0) is 11.2 Å². The molecule has 3 heterocycles. The van der Waals surface area contributed by atoms with Crippen LogP contribution in [0.1, 0.15) is 38.0 Å². The van der Waals surface area contributed by atoms with Gasteiger partial charge in [-0.05, 0) is 30.0 Å². The standard InChI is InChI=1S/C22H27N3O5/c1-2-3-4-5-13-6-8-14(9-7-13)16-10-15-11-25(22(29)24-20(15)23-16)21-19(28)18(27)17(12-26)30-21/h6-11,17-19,21,26-28H,2-5,12H2,1H3,(H,23,24,29)/t17-,18-,19+,21-/m1/s1. The molecule has 8 nitrogen and oxygen atoms in total. The zero-order chi connectivity index (χ0) is 21.3. The number of hydrogen-bond donors (Lipinski definition) is 4. The van der Waals surface area contributed by atoms with E-state index in [0.29, 0.717) is 11.0 Å². The van der Waals surface area contributed by atoms with Gasteiger partial charge in [-0.2, -0.15) is 4.98 Å². The van der Waals surface area contributed by atoms with Gasteiger partial charge in [0.2, 0.25) is 0 Å². The maximum atomic E-state index is 12.5. The molecule has 0 bridgehead atoms. The lowest BCUT2D eigenvalue weighted by atomic mass is 10.0. The number of aryl methyl sites for hydroxylation is 1. The fourth-order valence-corrected chi connectivity index (χ4v) is 3.89. The third kappa shape index (κ3) is 3.91. The quantitative estimate of drug-likeness (QED) is 0.438. The van der Waals surface area contributed by atoms with Crippen molar-refractivity contribution < 1.29 is 20.1 Å². The number of benzene rings is 1. The van der Waals surface area contributed by atoms with Crippen molar-refractivity contribution in [1.82, 2.24) is 14.5 Å². The minimum Gasteiger partial charge on any atom is -0.394 e. The first-order valence-corrected chi connectivity index (χ1v) is 10.4. The van der Waals surface area contributed by atoms with Crippen molar-refractivity contribution in [1.29, 1.82) is 0 Å². The highest BCUT2D eigenvalue weighted by Crippen LogP contribution is 2.29. The Hall–Kier alpha value is -2.52. The fraction of sp³-hybridized carbons (Fsp3) is 0.455. The van der Waals surface area contributed by atoms with Crippen molar-refractivity contribution >= 4 is 11.0 Å². The van der Waals surface area contributed by atoms with Gasteiger partial charge in [-0.1, -0.05) is 44.0 Å². The minimum absolute atomic E-state index is 0.435. The van der Waals surface area contributed by atoms with E-state index in [1.54, 1.807) is 6.20 Å². The third-order valence-electron chi connectivity index (χ3n) is 5.66. The molecule has 0 spiro atoms. The van der Waals surface area contributed by atoms with Gasteiger partial charge in [0, 0.05) is 17.3 Å². The highest BCUT2D eigenvalue weighted by Gasteiger charge is 2.43. The van der Waals surface area contributed by atoms with Crippen molar-refractivity contribution in [3.63, 3.8) is 0 Å². The van der Waals surface area contributed by atoms with Crippen molar-refractivity contribution in [3.05, 3.63) is 52.6 Å². The second-order valence-electron chi connectivity index (χ2n) is 7.80. The first-order valence-electron chi connectivity index (χ1n) is 10.4. The second kappa shape index (κ2) is 8.69. The summed E-state index contributed by atoms with van der Waals surface area (Å²) >= 11 is 0. The molecule has 3 aromatic rings. The molecule has 4 atom stereocenters. The van der Waals surface area contributed by atoms with Gasteiger partial charge in [0.15, 0.2) is 6.23 Å². The zero-order valence-electron chi connectivity index (χ0n) is 16.9. The monoisotopic (exact) mass is 413 g/mol. The molecule has 1 aliphatic heterocycles. The van der Waals surface area contributed by atoms with Crippen LogP contribution >= 0.6 is 0 Å². The predicted molar refractivity (Wildman–Crippen MR) is 112 cm³/mol. The molecule has 2 aromatic heterocycles. The largest absolute Gasteiger partial charge is 0.394 e. The summed E-state index contributed by atoms with van der Waals surface area (Å²) in [4.78, 5) is 19.7. The van der Waals surface area contributed by atoms with E-state index in [9.17, 15) is 20.1 Å². The van der Waals surface area contributed by atoms with E-state index in [1.807, 2.05) is 18.2 Å². The number of aromatic nitrogens is 3. The summed E-state index contributed by atoms with van der Waals surface area (Å²) in [6.07, 6.45) is 1.54. The van der Waals surface area contributed by atoms with Crippen LogP contribution in [0.25, 0.3) is 22.3 Å². The highest BCUT2D eigenvalue weighted by molar-refractivity contribution is 5.82. The zero-order valence-corrected chi connectivity index (χ0v) is 16.9. The van der Waals surface area contributed by atoms with Gasteiger partial charge < -0.3 is 25.0 Å². The van der Waals surface area contributed by atoms with Crippen LogP contribution in [0.5, 0.6) is 0 Å². The third-order valence-corrected chi connectivity index (χ3v) is 5.66. The number of nitrogens with one attached hydrogen (secondary N) is 1. The summed E-state index contributed by atoms with van der Waals surface area (Å²) in [6.45, 7) is 1.73. The Morgan fingerprint density at radius 1 is 1.17 bits per heavy atom. The molecule has 8 heteroatoms. The lowest BCUT2D eigenvalue weighted by Crippen LogP contribution is -2.35. The van der Waals surface area contributed by atoms with Gasteiger partial charge in [0.25, 0.3) is 0 Å². The molecule has 0 unspecified atom stereocenters.